The molecule has 0 saturated heterocycles. The second-order valence-electron chi connectivity index (χ2n) is 4.40. The Labute approximate surface area is 107 Å². The largest absolute Gasteiger partial charge is 0.330 e. The second kappa shape index (κ2) is 6.87. The topological polar surface area (TPSA) is 43.8 Å². The van der Waals surface area contributed by atoms with Gasteiger partial charge in [-0.3, -0.25) is 0 Å². The molecule has 0 atom stereocenters. The molecule has 0 saturated carbocycles. The van der Waals surface area contributed by atoms with E-state index in [2.05, 4.69) is 21.8 Å². The van der Waals surface area contributed by atoms with Crippen molar-refractivity contribution in [3.05, 3.63) is 24.0 Å². The summed E-state index contributed by atoms with van der Waals surface area (Å²) in [6.45, 7) is 1.77. The molecule has 0 bridgehead atoms. The molecule has 1 aliphatic carbocycles. The first kappa shape index (κ1) is 12.7. The quantitative estimate of drug-likeness (QED) is 0.624. The highest BCUT2D eigenvalue weighted by Crippen LogP contribution is 2.22. The molecule has 0 amide bonds. The minimum absolute atomic E-state index is 0.711. The van der Waals surface area contributed by atoms with Crippen molar-refractivity contribution in [2.24, 2.45) is 5.73 Å². The summed E-state index contributed by atoms with van der Waals surface area (Å²) in [5.74, 6) is 0.944. The van der Waals surface area contributed by atoms with Gasteiger partial charge in [-0.2, -0.15) is 0 Å². The molecule has 0 fully saturated rings. The average Bonchev–Trinajstić information content (AvgIpc) is 2.82. The van der Waals surface area contributed by atoms with Gasteiger partial charge in [0.2, 0.25) is 0 Å². The Balaban J connectivity index is 1.85. The standard InChI is InChI=1S/C13H21N3S/c14-7-11-17-13-15-8-10-16(13)9-6-12-4-2-1-3-5-12/h4,8,10H,1-3,5-7,9,11,14H2. The molecule has 0 spiro atoms. The lowest BCUT2D eigenvalue weighted by Gasteiger charge is -2.13. The van der Waals surface area contributed by atoms with E-state index < -0.39 is 0 Å². The molecule has 4 heteroatoms. The fourth-order valence-corrected chi connectivity index (χ4v) is 2.91. The smallest absolute Gasteiger partial charge is 0.167 e. The third kappa shape index (κ3) is 3.89. The minimum atomic E-state index is 0.711. The van der Waals surface area contributed by atoms with E-state index in [-0.39, 0.29) is 0 Å². The zero-order chi connectivity index (χ0) is 11.9. The number of hydrogen-bond donors (Lipinski definition) is 1. The molecule has 0 aliphatic heterocycles. The number of aromatic nitrogens is 2. The third-order valence-corrected chi connectivity index (χ3v) is 4.12. The fourth-order valence-electron chi connectivity index (χ4n) is 2.15. The summed E-state index contributed by atoms with van der Waals surface area (Å²) >= 11 is 1.75. The Morgan fingerprint density at radius 2 is 2.35 bits per heavy atom. The van der Waals surface area contributed by atoms with Gasteiger partial charge in [0.25, 0.3) is 0 Å². The second-order valence-corrected chi connectivity index (χ2v) is 5.46. The molecule has 0 radical (unpaired) electrons. The molecule has 0 unspecified atom stereocenters. The van der Waals surface area contributed by atoms with E-state index in [0.29, 0.717) is 6.54 Å². The Morgan fingerprint density at radius 3 is 3.12 bits per heavy atom. The first-order valence-corrected chi connectivity index (χ1v) is 7.40. The minimum Gasteiger partial charge on any atom is -0.330 e. The van der Waals surface area contributed by atoms with Crippen LogP contribution in [0, 0.1) is 0 Å². The summed E-state index contributed by atoms with van der Waals surface area (Å²) in [6.07, 6.45) is 12.8. The van der Waals surface area contributed by atoms with Crippen LogP contribution in [0.15, 0.2) is 29.2 Å². The van der Waals surface area contributed by atoms with Gasteiger partial charge < -0.3 is 10.3 Å². The first-order valence-electron chi connectivity index (χ1n) is 6.42. The number of aryl methyl sites for hydroxylation is 1. The van der Waals surface area contributed by atoms with Gasteiger partial charge in [0, 0.05) is 31.2 Å². The van der Waals surface area contributed by atoms with Crippen LogP contribution >= 0.6 is 11.8 Å². The van der Waals surface area contributed by atoms with Gasteiger partial charge in [0.1, 0.15) is 0 Å². The first-order chi connectivity index (χ1) is 8.40. The lowest BCUT2D eigenvalue weighted by atomic mass is 9.97. The molecule has 2 rings (SSSR count). The van der Waals surface area contributed by atoms with Crippen LogP contribution < -0.4 is 5.73 Å². The zero-order valence-electron chi connectivity index (χ0n) is 10.3. The molecule has 1 aromatic heterocycles. The highest BCUT2D eigenvalue weighted by atomic mass is 32.2. The van der Waals surface area contributed by atoms with Gasteiger partial charge in [-0.25, -0.2) is 4.98 Å². The number of imidazole rings is 1. The number of rotatable bonds is 6. The van der Waals surface area contributed by atoms with Crippen molar-refractivity contribution in [3.8, 4) is 0 Å². The van der Waals surface area contributed by atoms with Crippen molar-refractivity contribution in [3.63, 3.8) is 0 Å². The molecule has 1 aromatic rings. The highest BCUT2D eigenvalue weighted by molar-refractivity contribution is 7.99. The maximum Gasteiger partial charge on any atom is 0.167 e. The molecule has 17 heavy (non-hydrogen) atoms. The van der Waals surface area contributed by atoms with Gasteiger partial charge in [0.05, 0.1) is 0 Å². The number of allylic oxidation sites excluding steroid dienone is 2. The predicted molar refractivity (Wildman–Crippen MR) is 73.2 cm³/mol. The van der Waals surface area contributed by atoms with Crippen LogP contribution in [0.25, 0.3) is 0 Å². The van der Waals surface area contributed by atoms with Crippen LogP contribution in [-0.2, 0) is 6.54 Å². The monoisotopic (exact) mass is 251 g/mol. The van der Waals surface area contributed by atoms with Crippen molar-refractivity contribution in [1.29, 1.82) is 0 Å². The molecular formula is C13H21N3S. The average molecular weight is 251 g/mol. The Morgan fingerprint density at radius 1 is 1.41 bits per heavy atom. The summed E-state index contributed by atoms with van der Waals surface area (Å²) in [4.78, 5) is 4.37. The molecule has 1 heterocycles. The fraction of sp³-hybridized carbons (Fsp3) is 0.615. The van der Waals surface area contributed by atoms with Crippen LogP contribution in [0.5, 0.6) is 0 Å². The van der Waals surface area contributed by atoms with Crippen molar-refractivity contribution < 1.29 is 0 Å². The van der Waals surface area contributed by atoms with E-state index in [0.717, 1.165) is 17.5 Å². The number of hydrogen-bond acceptors (Lipinski definition) is 3. The van der Waals surface area contributed by atoms with Crippen LogP contribution in [-0.4, -0.2) is 21.8 Å². The number of nitrogens with zero attached hydrogens (tertiary/aromatic N) is 2. The van der Waals surface area contributed by atoms with Crippen LogP contribution in [0.1, 0.15) is 32.1 Å². The SMILES string of the molecule is NCCSc1nccn1CCC1=CCCCC1. The van der Waals surface area contributed by atoms with Crippen molar-refractivity contribution in [1.82, 2.24) is 9.55 Å². The lowest BCUT2D eigenvalue weighted by molar-refractivity contribution is 0.595. The summed E-state index contributed by atoms with van der Waals surface area (Å²) in [5.41, 5.74) is 7.14. The summed E-state index contributed by atoms with van der Waals surface area (Å²) in [6, 6.07) is 0. The van der Waals surface area contributed by atoms with E-state index in [1.165, 1.54) is 32.1 Å². The molecule has 0 aromatic carbocycles. The lowest BCUT2D eigenvalue weighted by Crippen LogP contribution is -2.05. The van der Waals surface area contributed by atoms with Gasteiger partial charge >= 0.3 is 0 Å². The Hall–Kier alpha value is -0.740. The van der Waals surface area contributed by atoms with Gasteiger partial charge in [-0.15, -0.1) is 0 Å². The van der Waals surface area contributed by atoms with Crippen molar-refractivity contribution in [2.45, 2.75) is 43.8 Å². The maximum atomic E-state index is 5.52. The zero-order valence-corrected chi connectivity index (χ0v) is 11.1. The van der Waals surface area contributed by atoms with E-state index >= 15 is 0 Å². The molecule has 1 aliphatic rings. The summed E-state index contributed by atoms with van der Waals surface area (Å²) in [5, 5.41) is 1.10. The Bertz CT molecular complexity index is 370. The van der Waals surface area contributed by atoms with E-state index in [9.17, 15) is 0 Å². The van der Waals surface area contributed by atoms with Crippen LogP contribution in [0.3, 0.4) is 0 Å². The maximum absolute atomic E-state index is 5.52. The predicted octanol–water partition coefficient (Wildman–Crippen LogP) is 2.82. The Kier molecular flexibility index (Phi) is 5.13. The summed E-state index contributed by atoms with van der Waals surface area (Å²) < 4.78 is 2.25. The number of nitrogens with two attached hydrogens (primary N) is 1. The van der Waals surface area contributed by atoms with Gasteiger partial charge in [0.15, 0.2) is 5.16 Å². The molecule has 2 N–H and O–H groups in total. The van der Waals surface area contributed by atoms with Crippen molar-refractivity contribution >= 4 is 11.8 Å². The van der Waals surface area contributed by atoms with Crippen molar-refractivity contribution in [2.75, 3.05) is 12.3 Å². The molecule has 94 valence electrons. The third-order valence-electron chi connectivity index (χ3n) is 3.09. The normalized spacial score (nSPS) is 15.9. The molecule has 3 nitrogen and oxygen atoms in total. The van der Waals surface area contributed by atoms with E-state index in [1.807, 2.05) is 6.20 Å². The van der Waals surface area contributed by atoms with E-state index in [4.69, 9.17) is 5.73 Å². The van der Waals surface area contributed by atoms with E-state index in [1.54, 1.807) is 17.3 Å². The van der Waals surface area contributed by atoms with Crippen LogP contribution in [0.2, 0.25) is 0 Å². The number of thioether (sulfide) groups is 1. The van der Waals surface area contributed by atoms with Gasteiger partial charge in [-0.05, 0) is 32.1 Å². The summed E-state index contributed by atoms with van der Waals surface area (Å²) in [7, 11) is 0. The molecular weight excluding hydrogens is 230 g/mol. The van der Waals surface area contributed by atoms with Gasteiger partial charge in [-0.1, -0.05) is 23.4 Å². The highest BCUT2D eigenvalue weighted by Gasteiger charge is 2.06. The van der Waals surface area contributed by atoms with Crippen LogP contribution in [0.4, 0.5) is 0 Å².